The van der Waals surface area contributed by atoms with E-state index in [2.05, 4.69) is 5.32 Å². The Bertz CT molecular complexity index is 1430. The number of para-hydroxylation sites is 1. The fraction of sp³-hybridized carbons (Fsp3) is 0.286. The van der Waals surface area contributed by atoms with E-state index in [4.69, 9.17) is 34.8 Å². The summed E-state index contributed by atoms with van der Waals surface area (Å²) in [5.41, 5.74) is 1.65. The molecule has 1 atom stereocenters. The first-order valence-electron chi connectivity index (χ1n) is 12.3. The molecule has 3 aromatic rings. The first kappa shape index (κ1) is 30.8. The molecule has 3 rings (SSSR count). The second kappa shape index (κ2) is 13.5. The topological polar surface area (TPSA) is 86.8 Å². The number of anilines is 1. The Balaban J connectivity index is 2.08. The number of amides is 2. The summed E-state index contributed by atoms with van der Waals surface area (Å²) in [5, 5.41) is 3.81. The molecule has 3 aromatic carbocycles. The van der Waals surface area contributed by atoms with Gasteiger partial charge in [-0.3, -0.25) is 13.9 Å². The van der Waals surface area contributed by atoms with Gasteiger partial charge in [0.25, 0.3) is 10.0 Å². The molecule has 0 radical (unpaired) electrons. The van der Waals surface area contributed by atoms with Gasteiger partial charge in [0.05, 0.1) is 20.6 Å². The number of sulfonamides is 1. The van der Waals surface area contributed by atoms with E-state index in [1.54, 1.807) is 63.2 Å². The molecular formula is C28H30Cl3N3O4S. The van der Waals surface area contributed by atoms with Gasteiger partial charge in [-0.15, -0.1) is 0 Å². The minimum atomic E-state index is -4.18. The SMILES string of the molecule is CCNC(=O)[C@H](CC)N(Cc1ccc(Cl)c(Cl)c1)C(=O)CN(c1ccccc1C)S(=O)(=O)c1ccc(Cl)cc1. The lowest BCUT2D eigenvalue weighted by Gasteiger charge is -2.33. The summed E-state index contributed by atoms with van der Waals surface area (Å²) in [7, 11) is -4.18. The molecule has 0 aromatic heterocycles. The standard InChI is InChI=1S/C28H30Cl3N3O4S/c1-4-25(28(36)32-5-2)33(17-20-10-15-23(30)24(31)16-20)27(35)18-34(26-9-7-6-8-19(26)3)39(37,38)22-13-11-21(29)12-14-22/h6-16,25H,4-5,17-18H2,1-3H3,(H,32,36)/t25-/m0/s1. The molecule has 2 amide bonds. The second-order valence-corrected chi connectivity index (χ2v) is 12.0. The van der Waals surface area contributed by atoms with E-state index in [0.717, 1.165) is 4.31 Å². The van der Waals surface area contributed by atoms with Gasteiger partial charge < -0.3 is 10.2 Å². The molecular weight excluding hydrogens is 581 g/mol. The number of hydrogen-bond acceptors (Lipinski definition) is 4. The average molecular weight is 611 g/mol. The van der Waals surface area contributed by atoms with Crippen LogP contribution in [0.4, 0.5) is 5.69 Å². The monoisotopic (exact) mass is 609 g/mol. The van der Waals surface area contributed by atoms with Crippen LogP contribution in [0.2, 0.25) is 15.1 Å². The molecule has 7 nitrogen and oxygen atoms in total. The molecule has 39 heavy (non-hydrogen) atoms. The van der Waals surface area contributed by atoms with Crippen LogP contribution in [0.3, 0.4) is 0 Å². The fourth-order valence-corrected chi connectivity index (χ4v) is 6.06. The van der Waals surface area contributed by atoms with Crippen LogP contribution in [0.5, 0.6) is 0 Å². The van der Waals surface area contributed by atoms with Crippen molar-refractivity contribution in [1.82, 2.24) is 10.2 Å². The molecule has 1 N–H and O–H groups in total. The van der Waals surface area contributed by atoms with Gasteiger partial charge in [0, 0.05) is 18.1 Å². The quantitative estimate of drug-likeness (QED) is 0.285. The molecule has 0 aliphatic rings. The molecule has 0 aliphatic heterocycles. The Hall–Kier alpha value is -2.78. The van der Waals surface area contributed by atoms with Crippen LogP contribution >= 0.6 is 34.8 Å². The van der Waals surface area contributed by atoms with Crippen molar-refractivity contribution in [1.29, 1.82) is 0 Å². The number of carbonyl (C=O) groups excluding carboxylic acids is 2. The summed E-state index contributed by atoms with van der Waals surface area (Å²) in [6.45, 7) is 5.21. The lowest BCUT2D eigenvalue weighted by atomic mass is 10.1. The van der Waals surface area contributed by atoms with E-state index >= 15 is 0 Å². The summed E-state index contributed by atoms with van der Waals surface area (Å²) in [6.07, 6.45) is 0.313. The van der Waals surface area contributed by atoms with Crippen molar-refractivity contribution in [3.05, 3.63) is 92.9 Å². The minimum Gasteiger partial charge on any atom is -0.355 e. The van der Waals surface area contributed by atoms with Crippen LogP contribution < -0.4 is 9.62 Å². The fourth-order valence-electron chi connectivity index (χ4n) is 4.14. The number of nitrogens with zero attached hydrogens (tertiary/aromatic N) is 2. The molecule has 0 unspecified atom stereocenters. The van der Waals surface area contributed by atoms with Crippen molar-refractivity contribution in [2.24, 2.45) is 0 Å². The maximum Gasteiger partial charge on any atom is 0.264 e. The van der Waals surface area contributed by atoms with Crippen LogP contribution in [0.25, 0.3) is 0 Å². The summed E-state index contributed by atoms with van der Waals surface area (Å²) >= 11 is 18.3. The van der Waals surface area contributed by atoms with Crippen LogP contribution in [0.1, 0.15) is 31.4 Å². The first-order valence-corrected chi connectivity index (χ1v) is 14.9. The third kappa shape index (κ3) is 7.45. The van der Waals surface area contributed by atoms with Gasteiger partial charge in [-0.2, -0.15) is 0 Å². The van der Waals surface area contributed by atoms with Gasteiger partial charge >= 0.3 is 0 Å². The number of likely N-dealkylation sites (N-methyl/N-ethyl adjacent to an activating group) is 1. The van der Waals surface area contributed by atoms with E-state index in [-0.39, 0.29) is 17.3 Å². The van der Waals surface area contributed by atoms with Crippen molar-refractivity contribution in [2.75, 3.05) is 17.4 Å². The van der Waals surface area contributed by atoms with Gasteiger partial charge in [-0.05, 0) is 73.9 Å². The van der Waals surface area contributed by atoms with Gasteiger partial charge in [0.1, 0.15) is 12.6 Å². The highest BCUT2D eigenvalue weighted by Gasteiger charge is 2.34. The Kier molecular flexibility index (Phi) is 10.7. The van der Waals surface area contributed by atoms with Crippen molar-refractivity contribution >= 4 is 62.3 Å². The Labute approximate surface area is 244 Å². The van der Waals surface area contributed by atoms with Crippen molar-refractivity contribution < 1.29 is 18.0 Å². The number of nitrogens with one attached hydrogen (secondary N) is 1. The zero-order valence-electron chi connectivity index (χ0n) is 21.8. The van der Waals surface area contributed by atoms with Crippen molar-refractivity contribution in [3.63, 3.8) is 0 Å². The molecule has 0 fully saturated rings. The summed E-state index contributed by atoms with van der Waals surface area (Å²) in [5.74, 6) is -0.892. The summed E-state index contributed by atoms with van der Waals surface area (Å²) < 4.78 is 28.8. The van der Waals surface area contributed by atoms with E-state index in [0.29, 0.717) is 44.8 Å². The van der Waals surface area contributed by atoms with Crippen LogP contribution in [-0.4, -0.2) is 44.3 Å². The third-order valence-electron chi connectivity index (χ3n) is 6.14. The highest BCUT2D eigenvalue weighted by Crippen LogP contribution is 2.29. The molecule has 0 heterocycles. The molecule has 0 bridgehead atoms. The highest BCUT2D eigenvalue weighted by molar-refractivity contribution is 7.92. The molecule has 11 heteroatoms. The number of benzene rings is 3. The first-order chi connectivity index (χ1) is 18.5. The van der Waals surface area contributed by atoms with E-state index in [1.807, 2.05) is 0 Å². The Morgan fingerprint density at radius 3 is 2.18 bits per heavy atom. The predicted octanol–water partition coefficient (Wildman–Crippen LogP) is 6.09. The zero-order chi connectivity index (χ0) is 28.7. The lowest BCUT2D eigenvalue weighted by Crippen LogP contribution is -2.52. The normalized spacial score (nSPS) is 12.1. The van der Waals surface area contributed by atoms with Crippen LogP contribution in [-0.2, 0) is 26.2 Å². The molecule has 0 saturated carbocycles. The average Bonchev–Trinajstić information content (AvgIpc) is 2.90. The largest absolute Gasteiger partial charge is 0.355 e. The van der Waals surface area contributed by atoms with E-state index in [9.17, 15) is 18.0 Å². The molecule has 0 spiro atoms. The summed E-state index contributed by atoms with van der Waals surface area (Å²) in [4.78, 5) is 28.4. The number of rotatable bonds is 11. The highest BCUT2D eigenvalue weighted by atomic mass is 35.5. The lowest BCUT2D eigenvalue weighted by molar-refractivity contribution is -0.140. The van der Waals surface area contributed by atoms with Gasteiger partial charge in [0.2, 0.25) is 11.8 Å². The van der Waals surface area contributed by atoms with E-state index in [1.165, 1.54) is 29.2 Å². The summed E-state index contributed by atoms with van der Waals surface area (Å²) in [6, 6.07) is 16.7. The second-order valence-electron chi connectivity index (χ2n) is 8.84. The zero-order valence-corrected chi connectivity index (χ0v) is 24.9. The van der Waals surface area contributed by atoms with Crippen molar-refractivity contribution in [3.8, 4) is 0 Å². The number of carbonyl (C=O) groups is 2. The molecule has 0 saturated heterocycles. The molecule has 0 aliphatic carbocycles. The van der Waals surface area contributed by atoms with Crippen LogP contribution in [0, 0.1) is 6.92 Å². The molecule has 208 valence electrons. The third-order valence-corrected chi connectivity index (χ3v) is 8.90. The Morgan fingerprint density at radius 1 is 0.923 bits per heavy atom. The maximum atomic E-state index is 14.0. The number of halogens is 3. The number of aryl methyl sites for hydroxylation is 1. The Morgan fingerprint density at radius 2 is 1.59 bits per heavy atom. The number of hydrogen-bond donors (Lipinski definition) is 1. The van der Waals surface area contributed by atoms with Gasteiger partial charge in [-0.1, -0.05) is 66.0 Å². The predicted molar refractivity (Wildman–Crippen MR) is 157 cm³/mol. The van der Waals surface area contributed by atoms with Crippen molar-refractivity contribution in [2.45, 2.75) is 44.7 Å². The smallest absolute Gasteiger partial charge is 0.264 e. The van der Waals surface area contributed by atoms with Crippen LogP contribution in [0.15, 0.2) is 71.6 Å². The van der Waals surface area contributed by atoms with Gasteiger partial charge in [-0.25, -0.2) is 8.42 Å². The van der Waals surface area contributed by atoms with E-state index < -0.39 is 28.5 Å². The maximum absolute atomic E-state index is 14.0. The minimum absolute atomic E-state index is 0.0187. The van der Waals surface area contributed by atoms with Gasteiger partial charge in [0.15, 0.2) is 0 Å².